The molecule has 0 aliphatic carbocycles. The van der Waals surface area contributed by atoms with Gasteiger partial charge >= 0.3 is 5.97 Å². The Kier molecular flexibility index (Phi) is 8.52. The summed E-state index contributed by atoms with van der Waals surface area (Å²) < 4.78 is 17.8. The van der Waals surface area contributed by atoms with Crippen molar-refractivity contribution in [2.75, 3.05) is 19.8 Å². The van der Waals surface area contributed by atoms with E-state index < -0.39 is 11.9 Å². The minimum atomic E-state index is -0.526. The number of amides is 2. The highest BCUT2D eigenvalue weighted by molar-refractivity contribution is 9.10. The maximum Gasteiger partial charge on any atom is 0.343 e. The Morgan fingerprint density at radius 3 is 2.48 bits per heavy atom. The minimum Gasteiger partial charge on any atom is -0.491 e. The van der Waals surface area contributed by atoms with E-state index in [1.807, 2.05) is 55.5 Å². The standard InChI is InChI=1S/C31H24BrNO6S/c1-2-37-26-18-20(17-24(32)28(26)39-30(35)22-10-4-3-5-11-22)19-27-29(34)33(31(36)40-27)15-16-38-25-14-8-12-21-9-6-7-13-23(21)25/h3-14,17-19H,2,15-16H2,1H3/b27-19-. The molecule has 1 saturated heterocycles. The van der Waals surface area contributed by atoms with Crippen molar-refractivity contribution in [1.82, 2.24) is 4.90 Å². The molecule has 0 aromatic heterocycles. The molecule has 0 N–H and O–H groups in total. The number of imide groups is 1. The molecular formula is C31H24BrNO6S. The van der Waals surface area contributed by atoms with E-state index in [-0.39, 0.29) is 29.0 Å². The first-order valence-electron chi connectivity index (χ1n) is 12.5. The lowest BCUT2D eigenvalue weighted by molar-refractivity contribution is -0.123. The van der Waals surface area contributed by atoms with Crippen LogP contribution in [0.5, 0.6) is 17.2 Å². The molecule has 2 amide bonds. The van der Waals surface area contributed by atoms with Crippen LogP contribution < -0.4 is 14.2 Å². The van der Waals surface area contributed by atoms with Crippen molar-refractivity contribution in [3.8, 4) is 17.2 Å². The Morgan fingerprint density at radius 1 is 0.925 bits per heavy atom. The third-order valence-corrected chi connectivity index (χ3v) is 7.53. The zero-order chi connectivity index (χ0) is 28.1. The number of rotatable bonds is 9. The van der Waals surface area contributed by atoms with Crippen LogP contribution in [0.1, 0.15) is 22.8 Å². The lowest BCUT2D eigenvalue weighted by Gasteiger charge is -2.14. The summed E-state index contributed by atoms with van der Waals surface area (Å²) in [6.45, 7) is 2.43. The molecule has 0 atom stereocenters. The second-order valence-corrected chi connectivity index (χ2v) is 10.5. The summed E-state index contributed by atoms with van der Waals surface area (Å²) in [4.78, 5) is 39.8. The Balaban J connectivity index is 1.30. The summed E-state index contributed by atoms with van der Waals surface area (Å²) in [6.07, 6.45) is 1.62. The number of halogens is 1. The van der Waals surface area contributed by atoms with Crippen LogP contribution in [0.25, 0.3) is 16.8 Å². The van der Waals surface area contributed by atoms with Crippen molar-refractivity contribution in [1.29, 1.82) is 0 Å². The quantitative estimate of drug-likeness (QED) is 0.110. The molecule has 1 aliphatic heterocycles. The third-order valence-electron chi connectivity index (χ3n) is 6.03. The number of nitrogens with zero attached hydrogens (tertiary/aromatic N) is 1. The van der Waals surface area contributed by atoms with Crippen LogP contribution >= 0.6 is 27.7 Å². The summed E-state index contributed by atoms with van der Waals surface area (Å²) in [5.74, 6) is 0.329. The van der Waals surface area contributed by atoms with Gasteiger partial charge in [-0.3, -0.25) is 14.5 Å². The number of hydrogen-bond acceptors (Lipinski definition) is 7. The van der Waals surface area contributed by atoms with Crippen LogP contribution in [0, 0.1) is 0 Å². The summed E-state index contributed by atoms with van der Waals surface area (Å²) in [5.41, 5.74) is 1.01. The molecule has 7 nitrogen and oxygen atoms in total. The van der Waals surface area contributed by atoms with E-state index >= 15 is 0 Å². The number of esters is 1. The highest BCUT2D eigenvalue weighted by Gasteiger charge is 2.35. The summed E-state index contributed by atoms with van der Waals surface area (Å²) in [5, 5.41) is 1.65. The molecule has 1 fully saturated rings. The van der Waals surface area contributed by atoms with Gasteiger partial charge in [0.05, 0.1) is 28.1 Å². The van der Waals surface area contributed by atoms with Crippen LogP contribution in [-0.2, 0) is 4.79 Å². The van der Waals surface area contributed by atoms with E-state index in [0.29, 0.717) is 33.7 Å². The average Bonchev–Trinajstić information content (AvgIpc) is 3.22. The molecule has 4 aromatic carbocycles. The zero-order valence-corrected chi connectivity index (χ0v) is 23.9. The summed E-state index contributed by atoms with van der Waals surface area (Å²) in [7, 11) is 0. The van der Waals surface area contributed by atoms with Crippen LogP contribution in [0.2, 0.25) is 0 Å². The molecule has 1 heterocycles. The summed E-state index contributed by atoms with van der Waals surface area (Å²) in [6, 6.07) is 25.6. The lowest BCUT2D eigenvalue weighted by Crippen LogP contribution is -2.32. The fraction of sp³-hybridized carbons (Fsp3) is 0.129. The van der Waals surface area contributed by atoms with Gasteiger partial charge in [-0.05, 0) is 82.0 Å². The summed E-state index contributed by atoms with van der Waals surface area (Å²) >= 11 is 4.32. The number of hydrogen-bond donors (Lipinski definition) is 0. The van der Waals surface area contributed by atoms with Gasteiger partial charge in [0.25, 0.3) is 11.1 Å². The van der Waals surface area contributed by atoms with E-state index in [1.165, 1.54) is 4.90 Å². The van der Waals surface area contributed by atoms with E-state index in [0.717, 1.165) is 22.5 Å². The van der Waals surface area contributed by atoms with Gasteiger partial charge < -0.3 is 14.2 Å². The van der Waals surface area contributed by atoms with Gasteiger partial charge in [-0.25, -0.2) is 4.79 Å². The van der Waals surface area contributed by atoms with Crippen molar-refractivity contribution in [3.05, 3.63) is 105 Å². The Hall–Kier alpha value is -4.08. The van der Waals surface area contributed by atoms with Crippen molar-refractivity contribution < 1.29 is 28.6 Å². The average molecular weight is 619 g/mol. The Morgan fingerprint density at radius 2 is 1.68 bits per heavy atom. The van der Waals surface area contributed by atoms with Gasteiger partial charge in [-0.1, -0.05) is 54.6 Å². The molecule has 40 heavy (non-hydrogen) atoms. The smallest absolute Gasteiger partial charge is 0.343 e. The van der Waals surface area contributed by atoms with E-state index in [2.05, 4.69) is 15.9 Å². The van der Waals surface area contributed by atoms with E-state index in [1.54, 1.807) is 42.5 Å². The predicted octanol–water partition coefficient (Wildman–Crippen LogP) is 7.34. The topological polar surface area (TPSA) is 82.1 Å². The number of ether oxygens (including phenoxy) is 3. The number of fused-ring (bicyclic) bond motifs is 1. The van der Waals surface area contributed by atoms with Crippen molar-refractivity contribution in [2.24, 2.45) is 0 Å². The second kappa shape index (κ2) is 12.4. The Labute approximate surface area is 243 Å². The van der Waals surface area contributed by atoms with Crippen molar-refractivity contribution in [2.45, 2.75) is 6.92 Å². The molecule has 0 spiro atoms. The van der Waals surface area contributed by atoms with E-state index in [9.17, 15) is 14.4 Å². The molecule has 9 heteroatoms. The first-order chi connectivity index (χ1) is 19.4. The van der Waals surface area contributed by atoms with Gasteiger partial charge in [0.2, 0.25) is 0 Å². The third kappa shape index (κ3) is 6.05. The van der Waals surface area contributed by atoms with Gasteiger partial charge in [-0.15, -0.1) is 0 Å². The zero-order valence-electron chi connectivity index (χ0n) is 21.5. The molecule has 202 valence electrons. The van der Waals surface area contributed by atoms with Crippen molar-refractivity contribution >= 4 is 61.7 Å². The predicted molar refractivity (Wildman–Crippen MR) is 159 cm³/mol. The fourth-order valence-corrected chi connectivity index (χ4v) is 5.58. The number of thioether (sulfide) groups is 1. The number of carbonyl (C=O) groups excluding carboxylic acids is 3. The van der Waals surface area contributed by atoms with E-state index in [4.69, 9.17) is 14.2 Å². The Bertz CT molecular complexity index is 1620. The first kappa shape index (κ1) is 27.5. The van der Waals surface area contributed by atoms with Crippen molar-refractivity contribution in [3.63, 3.8) is 0 Å². The lowest BCUT2D eigenvalue weighted by atomic mass is 10.1. The van der Waals surface area contributed by atoms with Gasteiger partial charge in [0.1, 0.15) is 12.4 Å². The molecule has 5 rings (SSSR count). The monoisotopic (exact) mass is 617 g/mol. The fourth-order valence-electron chi connectivity index (χ4n) is 4.17. The van der Waals surface area contributed by atoms with Gasteiger partial charge in [-0.2, -0.15) is 0 Å². The van der Waals surface area contributed by atoms with Crippen LogP contribution in [0.3, 0.4) is 0 Å². The number of benzene rings is 4. The van der Waals surface area contributed by atoms with Gasteiger partial charge in [0.15, 0.2) is 11.5 Å². The number of carbonyl (C=O) groups is 3. The maximum absolute atomic E-state index is 13.1. The van der Waals surface area contributed by atoms with Crippen LogP contribution in [-0.4, -0.2) is 41.8 Å². The molecular weight excluding hydrogens is 594 g/mol. The first-order valence-corrected chi connectivity index (χ1v) is 14.1. The molecule has 0 radical (unpaired) electrons. The molecule has 0 saturated carbocycles. The van der Waals surface area contributed by atoms with Gasteiger partial charge in [0, 0.05) is 5.39 Å². The maximum atomic E-state index is 13.1. The molecule has 0 unspecified atom stereocenters. The normalized spacial score (nSPS) is 14.2. The molecule has 0 bridgehead atoms. The minimum absolute atomic E-state index is 0.119. The highest BCUT2D eigenvalue weighted by Crippen LogP contribution is 2.40. The SMILES string of the molecule is CCOc1cc(/C=C2\SC(=O)N(CCOc3cccc4ccccc34)C2=O)cc(Br)c1OC(=O)c1ccccc1. The molecule has 1 aliphatic rings. The van der Waals surface area contributed by atoms with Crippen LogP contribution in [0.15, 0.2) is 94.3 Å². The van der Waals surface area contributed by atoms with Crippen LogP contribution in [0.4, 0.5) is 4.79 Å². The second-order valence-electron chi connectivity index (χ2n) is 8.68. The molecule has 4 aromatic rings. The highest BCUT2D eigenvalue weighted by atomic mass is 79.9. The largest absolute Gasteiger partial charge is 0.491 e.